The molecule has 14 atom stereocenters. The molecule has 1 saturated heterocycles. The van der Waals surface area contributed by atoms with E-state index in [0.29, 0.717) is 22.7 Å². The van der Waals surface area contributed by atoms with Gasteiger partial charge in [0.05, 0.1) is 12.7 Å². The fraction of sp³-hybridized carbons (Fsp3) is 0.944. The van der Waals surface area contributed by atoms with Gasteiger partial charge in [0.25, 0.3) is 0 Å². The molecule has 5 aliphatic rings. The van der Waals surface area contributed by atoms with Crippen molar-refractivity contribution in [2.75, 3.05) is 6.61 Å². The summed E-state index contributed by atoms with van der Waals surface area (Å²) < 4.78 is 11.9. The van der Waals surface area contributed by atoms with Crippen LogP contribution in [-0.2, 0) is 9.47 Å². The second kappa shape index (κ2) is 12.4. The van der Waals surface area contributed by atoms with Crippen LogP contribution in [0.15, 0.2) is 11.6 Å². The molecular weight excluding hydrogens is 528 g/mol. The quantitative estimate of drug-likeness (QED) is 0.187. The summed E-state index contributed by atoms with van der Waals surface area (Å²) in [7, 11) is 0. The normalized spacial score (nSPS) is 48.7. The highest BCUT2D eigenvalue weighted by Crippen LogP contribution is 2.72. The van der Waals surface area contributed by atoms with E-state index in [1.165, 1.54) is 51.4 Å². The van der Waals surface area contributed by atoms with Crippen molar-refractivity contribution in [2.24, 2.45) is 51.8 Å². The third-order valence-corrected chi connectivity index (χ3v) is 14.2. The third kappa shape index (κ3) is 5.36. The summed E-state index contributed by atoms with van der Waals surface area (Å²) in [5.41, 5.74) is 2.63. The van der Waals surface area contributed by atoms with E-state index in [4.69, 9.17) is 9.47 Å². The van der Waals surface area contributed by atoms with Crippen LogP contribution < -0.4 is 0 Å². The van der Waals surface area contributed by atoms with Gasteiger partial charge in [-0.05, 0) is 110 Å². The van der Waals surface area contributed by atoms with E-state index in [9.17, 15) is 20.4 Å². The predicted molar refractivity (Wildman–Crippen MR) is 165 cm³/mol. The van der Waals surface area contributed by atoms with E-state index in [1.807, 2.05) is 0 Å². The van der Waals surface area contributed by atoms with Crippen molar-refractivity contribution in [1.82, 2.24) is 0 Å². The molecule has 0 aromatic heterocycles. The van der Waals surface area contributed by atoms with Crippen molar-refractivity contribution >= 4 is 0 Å². The highest BCUT2D eigenvalue weighted by atomic mass is 16.7. The molecule has 6 heteroatoms. The van der Waals surface area contributed by atoms with E-state index in [-0.39, 0.29) is 11.5 Å². The SMILES string of the molecule is CC[C@H](CC[C@@H](C)[C@H]1CCC2(C)[C@@H]3CCC4C[C@@H](OC5O[C@H](CO)[C@@H](O)[C@H](O)[C@H]5O)CC[C@]4(C)C3=CC[C@]12C)C(C)C. The second-order valence-electron chi connectivity index (χ2n) is 16.3. The Kier molecular flexibility index (Phi) is 9.68. The van der Waals surface area contributed by atoms with E-state index >= 15 is 0 Å². The molecular formula is C36H62O6. The second-order valence-corrected chi connectivity index (χ2v) is 16.3. The number of rotatable bonds is 9. The first-order chi connectivity index (χ1) is 19.8. The minimum atomic E-state index is -1.39. The lowest BCUT2D eigenvalue weighted by Gasteiger charge is -2.61. The fourth-order valence-corrected chi connectivity index (χ4v) is 11.0. The molecule has 6 nitrogen and oxygen atoms in total. The van der Waals surface area contributed by atoms with Crippen molar-refractivity contribution in [3.05, 3.63) is 11.6 Å². The zero-order chi connectivity index (χ0) is 30.6. The van der Waals surface area contributed by atoms with Crippen LogP contribution in [0, 0.1) is 51.8 Å². The lowest BCUT2D eigenvalue weighted by atomic mass is 9.44. The average Bonchev–Trinajstić information content (AvgIpc) is 3.24. The summed E-state index contributed by atoms with van der Waals surface area (Å²) >= 11 is 0. The summed E-state index contributed by atoms with van der Waals surface area (Å²) in [6, 6.07) is 0. The minimum Gasteiger partial charge on any atom is -0.394 e. The van der Waals surface area contributed by atoms with Crippen molar-refractivity contribution < 1.29 is 29.9 Å². The van der Waals surface area contributed by atoms with Crippen molar-refractivity contribution in [2.45, 2.75) is 156 Å². The standard InChI is InChI=1S/C36H62O6/c1-8-23(21(2)3)10-9-22(4)26-14-17-36(7)28-12-11-24-19-25(13-16-34(24,5)27(28)15-18-35(26,36)6)41-33-32(40)31(39)30(38)29(20-37)42-33/h15,21-26,28-33,37-40H,8-14,16-20H2,1-7H3/t22-,23-,24?,25+,26-,28-,29-,30-,31+,32-,33?,34+,35-,36?/m1/s1. The van der Waals surface area contributed by atoms with Crippen LogP contribution in [0.2, 0.25) is 0 Å². The molecule has 4 fully saturated rings. The topological polar surface area (TPSA) is 99.4 Å². The maximum Gasteiger partial charge on any atom is 0.186 e. The van der Waals surface area contributed by atoms with Crippen LogP contribution in [0.3, 0.4) is 0 Å². The Balaban J connectivity index is 1.27. The first kappa shape index (κ1) is 32.9. The van der Waals surface area contributed by atoms with Crippen molar-refractivity contribution in [1.29, 1.82) is 0 Å². The first-order valence-electron chi connectivity index (χ1n) is 17.5. The molecule has 0 amide bonds. The molecule has 42 heavy (non-hydrogen) atoms. The maximum atomic E-state index is 10.5. The van der Waals surface area contributed by atoms with Gasteiger partial charge >= 0.3 is 0 Å². The molecule has 242 valence electrons. The molecule has 0 aromatic carbocycles. The fourth-order valence-electron chi connectivity index (χ4n) is 11.0. The summed E-state index contributed by atoms with van der Waals surface area (Å²) in [6.45, 7) is 17.1. The van der Waals surface area contributed by atoms with Crippen LogP contribution in [0.1, 0.15) is 119 Å². The molecule has 0 aromatic rings. The smallest absolute Gasteiger partial charge is 0.186 e. The van der Waals surface area contributed by atoms with Crippen molar-refractivity contribution in [3.8, 4) is 0 Å². The Morgan fingerprint density at radius 3 is 2.33 bits per heavy atom. The summed E-state index contributed by atoms with van der Waals surface area (Å²) in [5.74, 6) is 4.40. The Bertz CT molecular complexity index is 965. The number of hydrogen-bond donors (Lipinski definition) is 4. The predicted octanol–water partition coefficient (Wildman–Crippen LogP) is 6.24. The lowest BCUT2D eigenvalue weighted by molar-refractivity contribution is -0.315. The average molecular weight is 591 g/mol. The molecule has 0 spiro atoms. The van der Waals surface area contributed by atoms with Gasteiger partial charge in [0, 0.05) is 0 Å². The Labute approximate surface area is 255 Å². The van der Waals surface area contributed by atoms with Gasteiger partial charge in [0.15, 0.2) is 6.29 Å². The number of aliphatic hydroxyl groups excluding tert-OH is 4. The van der Waals surface area contributed by atoms with Gasteiger partial charge in [-0.2, -0.15) is 0 Å². The minimum absolute atomic E-state index is 0.0689. The molecule has 1 aliphatic heterocycles. The number of ether oxygens (including phenoxy) is 2. The Morgan fingerprint density at radius 2 is 1.67 bits per heavy atom. The van der Waals surface area contributed by atoms with Crippen LogP contribution in [0.4, 0.5) is 0 Å². The Hall–Kier alpha value is -0.500. The van der Waals surface area contributed by atoms with Gasteiger partial charge in [-0.3, -0.25) is 0 Å². The summed E-state index contributed by atoms with van der Waals surface area (Å²) in [6.07, 6.45) is 9.85. The molecule has 0 radical (unpaired) electrons. The van der Waals surface area contributed by atoms with Gasteiger partial charge in [0.1, 0.15) is 24.4 Å². The zero-order valence-corrected chi connectivity index (χ0v) is 27.6. The lowest BCUT2D eigenvalue weighted by Crippen LogP contribution is -2.60. The molecule has 4 aliphatic carbocycles. The first-order valence-corrected chi connectivity index (χ1v) is 17.5. The van der Waals surface area contributed by atoms with Gasteiger partial charge in [-0.25, -0.2) is 0 Å². The number of hydrogen-bond acceptors (Lipinski definition) is 6. The molecule has 3 unspecified atom stereocenters. The van der Waals surface area contributed by atoms with E-state index in [0.717, 1.165) is 42.9 Å². The molecule has 4 N–H and O–H groups in total. The van der Waals surface area contributed by atoms with Crippen LogP contribution in [0.5, 0.6) is 0 Å². The van der Waals surface area contributed by atoms with Gasteiger partial charge in [0.2, 0.25) is 0 Å². The third-order valence-electron chi connectivity index (χ3n) is 14.2. The number of fused-ring (bicyclic) bond motifs is 5. The highest BCUT2D eigenvalue weighted by molar-refractivity contribution is 5.31. The van der Waals surface area contributed by atoms with Gasteiger partial charge in [-0.1, -0.05) is 73.0 Å². The van der Waals surface area contributed by atoms with Crippen LogP contribution >= 0.6 is 0 Å². The monoisotopic (exact) mass is 590 g/mol. The van der Waals surface area contributed by atoms with Gasteiger partial charge in [-0.15, -0.1) is 0 Å². The van der Waals surface area contributed by atoms with E-state index < -0.39 is 37.3 Å². The number of allylic oxidation sites excluding steroid dienone is 2. The van der Waals surface area contributed by atoms with E-state index in [1.54, 1.807) is 5.57 Å². The summed E-state index contributed by atoms with van der Waals surface area (Å²) in [5, 5.41) is 40.5. The highest BCUT2D eigenvalue weighted by Gasteiger charge is 2.63. The molecule has 1 heterocycles. The van der Waals surface area contributed by atoms with Crippen molar-refractivity contribution in [3.63, 3.8) is 0 Å². The van der Waals surface area contributed by atoms with E-state index in [2.05, 4.69) is 54.5 Å². The number of aliphatic hydroxyl groups is 4. The summed E-state index contributed by atoms with van der Waals surface area (Å²) in [4.78, 5) is 0. The van der Waals surface area contributed by atoms with Crippen LogP contribution in [-0.4, -0.2) is 63.8 Å². The maximum absolute atomic E-state index is 10.5. The molecule has 0 bridgehead atoms. The molecule has 5 rings (SSSR count). The van der Waals surface area contributed by atoms with Gasteiger partial charge < -0.3 is 29.9 Å². The zero-order valence-electron chi connectivity index (χ0n) is 27.6. The Morgan fingerprint density at radius 1 is 0.929 bits per heavy atom. The van der Waals surface area contributed by atoms with Crippen LogP contribution in [0.25, 0.3) is 0 Å². The largest absolute Gasteiger partial charge is 0.394 e. The molecule has 3 saturated carbocycles.